The highest BCUT2D eigenvalue weighted by Crippen LogP contribution is 2.18. The van der Waals surface area contributed by atoms with Gasteiger partial charge in [0, 0.05) is 11.7 Å². The summed E-state index contributed by atoms with van der Waals surface area (Å²) in [5.74, 6) is -0.105. The summed E-state index contributed by atoms with van der Waals surface area (Å²) in [6.45, 7) is 0. The van der Waals surface area contributed by atoms with E-state index in [9.17, 15) is 9.59 Å². The summed E-state index contributed by atoms with van der Waals surface area (Å²) in [5.41, 5.74) is 1.42. The number of nitrogens with zero attached hydrogens (tertiary/aromatic N) is 2. The molecule has 7 heteroatoms. The van der Waals surface area contributed by atoms with Gasteiger partial charge in [0.25, 0.3) is 5.91 Å². The van der Waals surface area contributed by atoms with Crippen molar-refractivity contribution in [2.24, 2.45) is 0 Å². The molecule has 1 amide bonds. The summed E-state index contributed by atoms with van der Waals surface area (Å²) in [6.07, 6.45) is 6.84. The van der Waals surface area contributed by atoms with E-state index >= 15 is 0 Å². The zero-order chi connectivity index (χ0) is 19.1. The van der Waals surface area contributed by atoms with Crippen LogP contribution in [0.1, 0.15) is 59.4 Å². The summed E-state index contributed by atoms with van der Waals surface area (Å²) >= 11 is 0. The molecule has 1 heterocycles. The predicted molar refractivity (Wildman–Crippen MR) is 102 cm³/mol. The Hall–Kier alpha value is -2.96. The first kappa shape index (κ1) is 18.8. The van der Waals surface area contributed by atoms with Crippen LogP contribution in [-0.4, -0.2) is 35.2 Å². The van der Waals surface area contributed by atoms with Crippen LogP contribution in [0.3, 0.4) is 0 Å². The number of hydrogen-bond donors (Lipinski definition) is 2. The summed E-state index contributed by atoms with van der Waals surface area (Å²) in [7, 11) is 1.34. The topological polar surface area (TPSA) is 93.2 Å². The Balaban J connectivity index is 1.61. The van der Waals surface area contributed by atoms with Gasteiger partial charge >= 0.3 is 5.97 Å². The first-order chi connectivity index (χ1) is 13.2. The van der Waals surface area contributed by atoms with Crippen molar-refractivity contribution in [2.75, 3.05) is 12.4 Å². The van der Waals surface area contributed by atoms with Crippen molar-refractivity contribution in [3.05, 3.63) is 47.7 Å². The van der Waals surface area contributed by atoms with E-state index in [2.05, 4.69) is 20.8 Å². The monoisotopic (exact) mass is 368 g/mol. The van der Waals surface area contributed by atoms with Gasteiger partial charge in [-0.1, -0.05) is 31.7 Å². The number of carbonyl (C=O) groups excluding carboxylic acids is 2. The van der Waals surface area contributed by atoms with E-state index in [0.717, 1.165) is 25.7 Å². The molecule has 1 aromatic heterocycles. The molecule has 1 fully saturated rings. The Kier molecular flexibility index (Phi) is 6.35. The minimum Gasteiger partial charge on any atom is -0.465 e. The van der Waals surface area contributed by atoms with Crippen LogP contribution in [0.2, 0.25) is 0 Å². The fraction of sp³-hybridized carbons (Fsp3) is 0.400. The quantitative estimate of drug-likeness (QED) is 0.620. The average molecular weight is 368 g/mol. The van der Waals surface area contributed by atoms with Gasteiger partial charge < -0.3 is 15.4 Å². The van der Waals surface area contributed by atoms with Crippen LogP contribution in [0.5, 0.6) is 0 Å². The number of benzene rings is 1. The number of anilines is 2. The van der Waals surface area contributed by atoms with Crippen molar-refractivity contribution < 1.29 is 14.3 Å². The number of methoxy groups -OCH3 is 1. The van der Waals surface area contributed by atoms with E-state index < -0.39 is 5.97 Å². The van der Waals surface area contributed by atoms with Crippen LogP contribution in [-0.2, 0) is 4.74 Å². The van der Waals surface area contributed by atoms with Gasteiger partial charge in [-0.15, -0.1) is 10.2 Å². The van der Waals surface area contributed by atoms with Gasteiger partial charge in [-0.05, 0) is 43.2 Å². The summed E-state index contributed by atoms with van der Waals surface area (Å²) in [6, 6.07) is 10.5. The lowest BCUT2D eigenvalue weighted by Crippen LogP contribution is -2.35. The van der Waals surface area contributed by atoms with Crippen LogP contribution < -0.4 is 10.6 Å². The summed E-state index contributed by atoms with van der Waals surface area (Å²) < 4.78 is 4.71. The zero-order valence-corrected chi connectivity index (χ0v) is 15.4. The molecule has 0 unspecified atom stereocenters. The van der Waals surface area contributed by atoms with Crippen LogP contribution in [0.15, 0.2) is 36.4 Å². The highest BCUT2D eigenvalue weighted by atomic mass is 16.5. The molecule has 27 heavy (non-hydrogen) atoms. The van der Waals surface area contributed by atoms with Gasteiger partial charge in [0.1, 0.15) is 0 Å². The normalized spacial score (nSPS) is 14.9. The molecule has 0 bridgehead atoms. The van der Waals surface area contributed by atoms with Crippen LogP contribution >= 0.6 is 0 Å². The molecule has 3 rings (SSSR count). The highest BCUT2D eigenvalue weighted by Gasteiger charge is 2.17. The maximum absolute atomic E-state index is 12.4. The number of aromatic nitrogens is 2. The zero-order valence-electron chi connectivity index (χ0n) is 15.4. The molecule has 1 aromatic carbocycles. The fourth-order valence-corrected chi connectivity index (χ4v) is 3.19. The van der Waals surface area contributed by atoms with Crippen LogP contribution in [0.25, 0.3) is 0 Å². The molecule has 0 saturated heterocycles. The van der Waals surface area contributed by atoms with Crippen molar-refractivity contribution in [2.45, 2.75) is 44.6 Å². The Morgan fingerprint density at radius 2 is 1.81 bits per heavy atom. The first-order valence-corrected chi connectivity index (χ1v) is 9.26. The van der Waals surface area contributed by atoms with Crippen molar-refractivity contribution in [1.29, 1.82) is 0 Å². The third kappa shape index (κ3) is 5.26. The number of ether oxygens (including phenoxy) is 1. The Morgan fingerprint density at radius 1 is 1.04 bits per heavy atom. The lowest BCUT2D eigenvalue weighted by atomic mass is 10.1. The molecule has 7 nitrogen and oxygen atoms in total. The van der Waals surface area contributed by atoms with Gasteiger partial charge in [-0.2, -0.15) is 0 Å². The third-order valence-corrected chi connectivity index (χ3v) is 4.64. The SMILES string of the molecule is COC(=O)c1cccc(Nc2ccc(C(=O)NC3CCCCCC3)nn2)c1. The molecule has 1 saturated carbocycles. The number of esters is 1. The highest BCUT2D eigenvalue weighted by molar-refractivity contribution is 5.92. The maximum atomic E-state index is 12.4. The minimum atomic E-state index is -0.407. The van der Waals surface area contributed by atoms with E-state index in [4.69, 9.17) is 4.74 Å². The van der Waals surface area contributed by atoms with Crippen molar-refractivity contribution in [3.63, 3.8) is 0 Å². The summed E-state index contributed by atoms with van der Waals surface area (Å²) in [5, 5.41) is 14.2. The number of rotatable bonds is 5. The van der Waals surface area contributed by atoms with Crippen LogP contribution in [0, 0.1) is 0 Å². The second-order valence-corrected chi connectivity index (χ2v) is 6.66. The lowest BCUT2D eigenvalue weighted by Gasteiger charge is -2.15. The van der Waals surface area contributed by atoms with E-state index in [1.807, 2.05) is 0 Å². The Labute approximate surface area is 158 Å². The third-order valence-electron chi connectivity index (χ3n) is 4.64. The van der Waals surface area contributed by atoms with Gasteiger partial charge in [0.2, 0.25) is 0 Å². The first-order valence-electron chi connectivity index (χ1n) is 9.26. The molecular formula is C20H24N4O3. The lowest BCUT2D eigenvalue weighted by molar-refractivity contribution is 0.0600. The van der Waals surface area contributed by atoms with Gasteiger partial charge in [-0.25, -0.2) is 4.79 Å². The molecule has 0 spiro atoms. The number of hydrogen-bond acceptors (Lipinski definition) is 6. The molecule has 2 aromatic rings. The standard InChI is InChI=1S/C20H24N4O3/c1-27-20(26)14-7-6-10-16(13-14)21-18-12-11-17(23-24-18)19(25)22-15-8-4-2-3-5-9-15/h6-7,10-13,15H,2-5,8-9H2,1H3,(H,21,24)(H,22,25). The van der Waals surface area contributed by atoms with Gasteiger partial charge in [-0.3, -0.25) is 4.79 Å². The molecule has 2 N–H and O–H groups in total. The molecule has 0 aliphatic heterocycles. The smallest absolute Gasteiger partial charge is 0.337 e. The summed E-state index contributed by atoms with van der Waals surface area (Å²) in [4.78, 5) is 24.0. The van der Waals surface area contributed by atoms with E-state index in [1.54, 1.807) is 36.4 Å². The predicted octanol–water partition coefficient (Wildman–Crippen LogP) is 3.46. The molecule has 0 atom stereocenters. The van der Waals surface area contributed by atoms with E-state index in [0.29, 0.717) is 22.8 Å². The van der Waals surface area contributed by atoms with Crippen molar-refractivity contribution >= 4 is 23.4 Å². The Bertz CT molecular complexity index is 784. The molecular weight excluding hydrogens is 344 g/mol. The molecule has 0 radical (unpaired) electrons. The van der Waals surface area contributed by atoms with Crippen LogP contribution in [0.4, 0.5) is 11.5 Å². The van der Waals surface area contributed by atoms with Gasteiger partial charge in [0.15, 0.2) is 11.5 Å². The Morgan fingerprint density at radius 3 is 2.48 bits per heavy atom. The number of nitrogens with one attached hydrogen (secondary N) is 2. The molecule has 142 valence electrons. The van der Waals surface area contributed by atoms with Gasteiger partial charge in [0.05, 0.1) is 12.7 Å². The number of carbonyl (C=O) groups is 2. The second kappa shape index (κ2) is 9.12. The average Bonchev–Trinajstić information content (AvgIpc) is 2.97. The largest absolute Gasteiger partial charge is 0.465 e. The second-order valence-electron chi connectivity index (χ2n) is 6.66. The minimum absolute atomic E-state index is 0.186. The van der Waals surface area contributed by atoms with Crippen molar-refractivity contribution in [1.82, 2.24) is 15.5 Å². The molecule has 1 aliphatic rings. The van der Waals surface area contributed by atoms with E-state index in [-0.39, 0.29) is 11.9 Å². The molecule has 1 aliphatic carbocycles. The fourth-order valence-electron chi connectivity index (χ4n) is 3.19. The van der Waals surface area contributed by atoms with E-state index in [1.165, 1.54) is 20.0 Å². The maximum Gasteiger partial charge on any atom is 0.337 e. The van der Waals surface area contributed by atoms with Crippen molar-refractivity contribution in [3.8, 4) is 0 Å². The number of amides is 1.